The second-order valence-corrected chi connectivity index (χ2v) is 2.99. The Kier molecular flexibility index (Phi) is 3.25. The molecule has 0 aromatic heterocycles. The van der Waals surface area contributed by atoms with Crippen molar-refractivity contribution in [3.05, 3.63) is 48.6 Å². The molecule has 0 radical (unpaired) electrons. The Labute approximate surface area is 92.2 Å². The van der Waals surface area contributed by atoms with Crippen LogP contribution in [0.3, 0.4) is 0 Å². The molecule has 0 saturated heterocycles. The van der Waals surface area contributed by atoms with Crippen molar-refractivity contribution in [1.29, 1.82) is 0 Å². The summed E-state index contributed by atoms with van der Waals surface area (Å²) in [7, 11) is 0. The second kappa shape index (κ2) is 4.44. The van der Waals surface area contributed by atoms with Gasteiger partial charge >= 0.3 is 0 Å². The smallest absolute Gasteiger partial charge is 0.189 e. The van der Waals surface area contributed by atoms with Crippen molar-refractivity contribution in [3.8, 4) is 11.5 Å². The van der Waals surface area contributed by atoms with Gasteiger partial charge in [0.25, 0.3) is 0 Å². The van der Waals surface area contributed by atoms with Crippen LogP contribution >= 0.6 is 0 Å². The molecule has 0 atom stereocenters. The minimum absolute atomic E-state index is 0.264. The Morgan fingerprint density at radius 2 is 1.25 bits per heavy atom. The Bertz CT molecular complexity index is 441. The van der Waals surface area contributed by atoms with E-state index in [1.807, 2.05) is 0 Å². The van der Waals surface area contributed by atoms with Gasteiger partial charge in [0.15, 0.2) is 11.6 Å². The van der Waals surface area contributed by atoms with Gasteiger partial charge in [-0.15, -0.1) is 0 Å². The molecule has 0 spiro atoms. The quantitative estimate of drug-likeness (QED) is 0.459. The molecule has 2 N–H and O–H groups in total. The molecule has 0 saturated carbocycles. The topological polar surface area (TPSA) is 74.6 Å². The van der Waals surface area contributed by atoms with Crippen molar-refractivity contribution in [3.63, 3.8) is 0 Å². The molecule has 1 rings (SSSR count). The molecule has 1 aromatic carbocycles. The predicted molar refractivity (Wildman–Crippen MR) is 58.8 cm³/mol. The minimum Gasteiger partial charge on any atom is -0.507 e. The average Bonchev–Trinajstić information content (AvgIpc) is 2.29. The lowest BCUT2D eigenvalue weighted by molar-refractivity contribution is 0.101. The maximum atomic E-state index is 11.5. The number of allylic oxidation sites excluding steroid dienone is 2. The predicted octanol–water partition coefficient (Wildman–Crippen LogP) is 1.84. The first-order chi connectivity index (χ1) is 7.52. The molecule has 0 heterocycles. The Balaban J connectivity index is 3.61. The highest BCUT2D eigenvalue weighted by Gasteiger charge is 2.21. The average molecular weight is 218 g/mol. The van der Waals surface area contributed by atoms with Crippen molar-refractivity contribution in [1.82, 2.24) is 0 Å². The number of phenols is 2. The summed E-state index contributed by atoms with van der Waals surface area (Å²) in [5, 5.41) is 19.0. The van der Waals surface area contributed by atoms with Crippen LogP contribution in [0, 0.1) is 0 Å². The van der Waals surface area contributed by atoms with Crippen LogP contribution in [0.25, 0.3) is 0 Å². The SMILES string of the molecule is C=CC(=O)c1c(O)ccc(O)c1C(=O)C=C. The van der Waals surface area contributed by atoms with Gasteiger partial charge in [0.2, 0.25) is 0 Å². The highest BCUT2D eigenvalue weighted by Crippen LogP contribution is 2.30. The number of hydrogen-bond acceptors (Lipinski definition) is 4. The van der Waals surface area contributed by atoms with Crippen molar-refractivity contribution < 1.29 is 19.8 Å². The molecule has 0 aliphatic rings. The summed E-state index contributed by atoms with van der Waals surface area (Å²) < 4.78 is 0. The van der Waals surface area contributed by atoms with E-state index in [0.29, 0.717) is 0 Å². The number of aromatic hydroxyl groups is 2. The van der Waals surface area contributed by atoms with E-state index >= 15 is 0 Å². The molecule has 1 aromatic rings. The summed E-state index contributed by atoms with van der Waals surface area (Å²) in [4.78, 5) is 22.9. The number of ketones is 2. The van der Waals surface area contributed by atoms with E-state index in [4.69, 9.17) is 0 Å². The first-order valence-corrected chi connectivity index (χ1v) is 4.41. The standard InChI is InChI=1S/C12H10O4/c1-3-7(13)11-9(15)5-6-10(16)12(11)8(14)4-2/h3-6,15-16H,1-2H2. The van der Waals surface area contributed by atoms with Gasteiger partial charge in [0.05, 0.1) is 11.1 Å². The molecule has 0 unspecified atom stereocenters. The number of carbonyl (C=O) groups is 2. The number of phenolic OH excluding ortho intramolecular Hbond substituents is 2. The molecule has 0 aliphatic carbocycles. The lowest BCUT2D eigenvalue weighted by atomic mass is 9.98. The van der Waals surface area contributed by atoms with Crippen LogP contribution < -0.4 is 0 Å². The zero-order chi connectivity index (χ0) is 12.3. The number of benzene rings is 1. The fourth-order valence-electron chi connectivity index (χ4n) is 1.28. The van der Waals surface area contributed by atoms with Crippen LogP contribution in [-0.2, 0) is 0 Å². The van der Waals surface area contributed by atoms with E-state index in [1.165, 1.54) is 0 Å². The lowest BCUT2D eigenvalue weighted by Gasteiger charge is -2.08. The van der Waals surface area contributed by atoms with Crippen LogP contribution in [-0.4, -0.2) is 21.8 Å². The molecular weight excluding hydrogens is 208 g/mol. The summed E-state index contributed by atoms with van der Waals surface area (Å²) in [6.45, 7) is 6.51. The van der Waals surface area contributed by atoms with E-state index in [9.17, 15) is 19.8 Å². The molecule has 0 fully saturated rings. The third-order valence-corrected chi connectivity index (χ3v) is 2.02. The summed E-state index contributed by atoms with van der Waals surface area (Å²) in [5.74, 6) is -2.04. The molecule has 4 nitrogen and oxygen atoms in total. The molecule has 82 valence electrons. The van der Waals surface area contributed by atoms with E-state index in [1.54, 1.807) is 0 Å². The first-order valence-electron chi connectivity index (χ1n) is 4.41. The monoisotopic (exact) mass is 218 g/mol. The number of hydrogen-bond donors (Lipinski definition) is 2. The summed E-state index contributed by atoms with van der Waals surface area (Å²) >= 11 is 0. The molecule has 0 bridgehead atoms. The maximum absolute atomic E-state index is 11.5. The fourth-order valence-corrected chi connectivity index (χ4v) is 1.28. The van der Waals surface area contributed by atoms with E-state index in [-0.39, 0.29) is 22.6 Å². The molecule has 4 heteroatoms. The van der Waals surface area contributed by atoms with Gasteiger partial charge < -0.3 is 10.2 Å². The Hall–Kier alpha value is -2.36. The third-order valence-electron chi connectivity index (χ3n) is 2.02. The van der Waals surface area contributed by atoms with Gasteiger partial charge in [-0.25, -0.2) is 0 Å². The largest absolute Gasteiger partial charge is 0.507 e. The zero-order valence-corrected chi connectivity index (χ0v) is 8.43. The lowest BCUT2D eigenvalue weighted by Crippen LogP contribution is -2.06. The molecule has 16 heavy (non-hydrogen) atoms. The van der Waals surface area contributed by atoms with Gasteiger partial charge in [-0.2, -0.15) is 0 Å². The van der Waals surface area contributed by atoms with Crippen LogP contribution in [0.15, 0.2) is 37.4 Å². The second-order valence-electron chi connectivity index (χ2n) is 2.99. The highest BCUT2D eigenvalue weighted by atomic mass is 16.3. The van der Waals surface area contributed by atoms with Gasteiger partial charge in [0.1, 0.15) is 11.5 Å². The van der Waals surface area contributed by atoms with Crippen molar-refractivity contribution >= 4 is 11.6 Å². The van der Waals surface area contributed by atoms with Crippen molar-refractivity contribution in [2.75, 3.05) is 0 Å². The first kappa shape index (κ1) is 11.7. The van der Waals surface area contributed by atoms with Crippen molar-refractivity contribution in [2.24, 2.45) is 0 Å². The summed E-state index contributed by atoms with van der Waals surface area (Å²) in [5.41, 5.74) is -0.528. The van der Waals surface area contributed by atoms with Crippen LogP contribution in [0.2, 0.25) is 0 Å². The van der Waals surface area contributed by atoms with E-state index in [2.05, 4.69) is 13.2 Å². The maximum Gasteiger partial charge on any atom is 0.189 e. The van der Waals surface area contributed by atoms with Gasteiger partial charge in [0, 0.05) is 0 Å². The summed E-state index contributed by atoms with van der Waals surface area (Å²) in [6.07, 6.45) is 1.91. The van der Waals surface area contributed by atoms with E-state index < -0.39 is 11.6 Å². The Morgan fingerprint density at radius 3 is 1.50 bits per heavy atom. The fraction of sp³-hybridized carbons (Fsp3) is 0. The van der Waals surface area contributed by atoms with Gasteiger partial charge in [-0.3, -0.25) is 9.59 Å². The minimum atomic E-state index is -0.640. The third kappa shape index (κ3) is 1.86. The number of carbonyl (C=O) groups excluding carboxylic acids is 2. The number of rotatable bonds is 4. The van der Waals surface area contributed by atoms with Crippen molar-refractivity contribution in [2.45, 2.75) is 0 Å². The zero-order valence-electron chi connectivity index (χ0n) is 8.43. The van der Waals surface area contributed by atoms with Crippen LogP contribution in [0.4, 0.5) is 0 Å². The highest BCUT2D eigenvalue weighted by molar-refractivity contribution is 6.18. The van der Waals surface area contributed by atoms with Crippen LogP contribution in [0.5, 0.6) is 11.5 Å². The molecule has 0 amide bonds. The van der Waals surface area contributed by atoms with E-state index in [0.717, 1.165) is 24.3 Å². The van der Waals surface area contributed by atoms with Crippen LogP contribution in [0.1, 0.15) is 20.7 Å². The Morgan fingerprint density at radius 1 is 0.938 bits per heavy atom. The normalized spacial score (nSPS) is 9.50. The summed E-state index contributed by atoms with van der Waals surface area (Å²) in [6, 6.07) is 2.26. The van der Waals surface area contributed by atoms with Gasteiger partial charge in [-0.05, 0) is 24.3 Å². The molecule has 0 aliphatic heterocycles. The molecular formula is C12H10O4. The van der Waals surface area contributed by atoms with Gasteiger partial charge in [-0.1, -0.05) is 13.2 Å².